The minimum absolute atomic E-state index is 0.0727. The molecular formula is C15H14BrN3OS. The maximum Gasteiger partial charge on any atom is 0.238 e. The molecule has 0 bridgehead atoms. The lowest BCUT2D eigenvalue weighted by atomic mass is 10.2. The first-order chi connectivity index (χ1) is 10.1. The second-order valence-electron chi connectivity index (χ2n) is 4.67. The van der Waals surface area contributed by atoms with Crippen LogP contribution in [0.3, 0.4) is 0 Å². The number of nitrogens with zero attached hydrogens (tertiary/aromatic N) is 2. The first-order valence-corrected chi connectivity index (χ1v) is 7.95. The van der Waals surface area contributed by atoms with Crippen molar-refractivity contribution in [2.24, 2.45) is 0 Å². The lowest BCUT2D eigenvalue weighted by Crippen LogP contribution is -2.29. The third kappa shape index (κ3) is 4.97. The van der Waals surface area contributed by atoms with Gasteiger partial charge < -0.3 is 5.32 Å². The molecule has 2 aromatic rings. The predicted octanol–water partition coefficient (Wildman–Crippen LogP) is 3.45. The number of carbonyl (C=O) groups excluding carboxylic acids is 1. The highest BCUT2D eigenvalue weighted by Crippen LogP contribution is 2.21. The quantitative estimate of drug-likeness (QED) is 0.884. The number of carbonyl (C=O) groups is 1. The van der Waals surface area contributed by atoms with Crippen LogP contribution in [0.2, 0.25) is 0 Å². The number of nitrogens with one attached hydrogen (secondary N) is 1. The topological polar surface area (TPSA) is 56.1 Å². The van der Waals surface area contributed by atoms with Crippen LogP contribution in [0.25, 0.3) is 0 Å². The van der Waals surface area contributed by atoms with E-state index in [-0.39, 0.29) is 5.91 Å². The van der Waals surface area contributed by atoms with E-state index in [2.05, 4.69) is 32.7 Å². The van der Waals surface area contributed by atoms with Gasteiger partial charge in [-0.25, -0.2) is 0 Å². The van der Waals surface area contributed by atoms with Gasteiger partial charge in [-0.2, -0.15) is 5.26 Å². The van der Waals surface area contributed by atoms with E-state index in [0.717, 1.165) is 10.3 Å². The Morgan fingerprint density at radius 2 is 2.14 bits per heavy atom. The van der Waals surface area contributed by atoms with Crippen LogP contribution in [0, 0.1) is 11.3 Å². The largest absolute Gasteiger partial charge is 0.325 e. The van der Waals surface area contributed by atoms with E-state index in [4.69, 9.17) is 5.26 Å². The smallest absolute Gasteiger partial charge is 0.238 e. The van der Waals surface area contributed by atoms with Crippen LogP contribution in [-0.4, -0.2) is 24.4 Å². The van der Waals surface area contributed by atoms with Crippen molar-refractivity contribution in [1.29, 1.82) is 5.26 Å². The van der Waals surface area contributed by atoms with Crippen LogP contribution in [-0.2, 0) is 11.3 Å². The first kappa shape index (κ1) is 15.7. The second-order valence-corrected chi connectivity index (χ2v) is 6.96. The van der Waals surface area contributed by atoms with Crippen LogP contribution >= 0.6 is 27.3 Å². The Morgan fingerprint density at radius 3 is 2.71 bits per heavy atom. The Hall–Kier alpha value is -1.68. The summed E-state index contributed by atoms with van der Waals surface area (Å²) < 4.78 is 1.09. The average Bonchev–Trinajstić information content (AvgIpc) is 2.84. The molecule has 1 aromatic heterocycles. The van der Waals surface area contributed by atoms with Gasteiger partial charge in [-0.05, 0) is 64.3 Å². The van der Waals surface area contributed by atoms with E-state index < -0.39 is 0 Å². The fraction of sp³-hybridized carbons (Fsp3) is 0.200. The van der Waals surface area contributed by atoms with Crippen LogP contribution in [0.15, 0.2) is 39.5 Å². The van der Waals surface area contributed by atoms with E-state index in [1.807, 2.05) is 18.0 Å². The van der Waals surface area contributed by atoms with E-state index in [1.54, 1.807) is 35.6 Å². The summed E-state index contributed by atoms with van der Waals surface area (Å²) in [6.45, 7) is 1.04. The summed E-state index contributed by atoms with van der Waals surface area (Å²) in [6.07, 6.45) is 0. The normalized spacial score (nSPS) is 10.4. The van der Waals surface area contributed by atoms with Gasteiger partial charge in [0.2, 0.25) is 5.91 Å². The van der Waals surface area contributed by atoms with Gasteiger partial charge in [-0.1, -0.05) is 0 Å². The number of nitriles is 1. The zero-order valence-electron chi connectivity index (χ0n) is 11.5. The molecule has 1 heterocycles. The molecule has 0 atom stereocenters. The number of benzene rings is 1. The highest BCUT2D eigenvalue weighted by molar-refractivity contribution is 9.11. The Bertz CT molecular complexity index is 660. The fourth-order valence-electron chi connectivity index (χ4n) is 1.87. The molecule has 0 fully saturated rings. The van der Waals surface area contributed by atoms with Crippen molar-refractivity contribution < 1.29 is 4.79 Å². The number of thiophene rings is 1. The van der Waals surface area contributed by atoms with Gasteiger partial charge in [-0.3, -0.25) is 9.69 Å². The fourth-order valence-corrected chi connectivity index (χ4v) is 3.07. The maximum atomic E-state index is 11.9. The van der Waals surface area contributed by atoms with Crippen molar-refractivity contribution in [1.82, 2.24) is 4.90 Å². The SMILES string of the molecule is CN(CC(=O)Nc1ccc(C#N)cc1)Cc1csc(Br)c1. The van der Waals surface area contributed by atoms with Crippen molar-refractivity contribution >= 4 is 38.9 Å². The third-order valence-electron chi connectivity index (χ3n) is 2.79. The molecule has 0 aliphatic heterocycles. The van der Waals surface area contributed by atoms with Gasteiger partial charge in [0.15, 0.2) is 0 Å². The Kier molecular flexibility index (Phi) is 5.51. The molecule has 4 nitrogen and oxygen atoms in total. The molecule has 0 aliphatic rings. The average molecular weight is 364 g/mol. The minimum atomic E-state index is -0.0727. The van der Waals surface area contributed by atoms with Gasteiger partial charge in [0.25, 0.3) is 0 Å². The summed E-state index contributed by atoms with van der Waals surface area (Å²) >= 11 is 5.06. The number of rotatable bonds is 5. The molecular weight excluding hydrogens is 350 g/mol. The molecule has 0 unspecified atom stereocenters. The van der Waals surface area contributed by atoms with Gasteiger partial charge in [0, 0.05) is 12.2 Å². The van der Waals surface area contributed by atoms with Gasteiger partial charge in [0.1, 0.15) is 0 Å². The van der Waals surface area contributed by atoms with Gasteiger partial charge in [-0.15, -0.1) is 11.3 Å². The van der Waals surface area contributed by atoms with E-state index >= 15 is 0 Å². The van der Waals surface area contributed by atoms with Crippen molar-refractivity contribution in [3.63, 3.8) is 0 Å². The van der Waals surface area contributed by atoms with Crippen molar-refractivity contribution in [3.8, 4) is 6.07 Å². The lowest BCUT2D eigenvalue weighted by molar-refractivity contribution is -0.117. The molecule has 2 rings (SSSR count). The molecule has 21 heavy (non-hydrogen) atoms. The number of amides is 1. The van der Waals surface area contributed by atoms with Crippen LogP contribution < -0.4 is 5.32 Å². The molecule has 0 saturated carbocycles. The molecule has 0 radical (unpaired) electrons. The first-order valence-electron chi connectivity index (χ1n) is 6.28. The summed E-state index contributed by atoms with van der Waals surface area (Å²) in [5, 5.41) is 13.6. The highest BCUT2D eigenvalue weighted by atomic mass is 79.9. The Balaban J connectivity index is 1.84. The third-order valence-corrected chi connectivity index (χ3v) is 4.34. The van der Waals surface area contributed by atoms with Crippen molar-refractivity contribution in [2.45, 2.75) is 6.54 Å². The highest BCUT2D eigenvalue weighted by Gasteiger charge is 2.08. The van der Waals surface area contributed by atoms with Gasteiger partial charge in [0.05, 0.1) is 22.0 Å². The number of halogens is 1. The van der Waals surface area contributed by atoms with E-state index in [1.165, 1.54) is 5.56 Å². The molecule has 0 saturated heterocycles. The summed E-state index contributed by atoms with van der Waals surface area (Å²) in [5.74, 6) is -0.0727. The molecule has 0 spiro atoms. The number of hydrogen-bond acceptors (Lipinski definition) is 4. The van der Waals surface area contributed by atoms with E-state index in [0.29, 0.717) is 17.8 Å². The molecule has 0 aliphatic carbocycles. The molecule has 108 valence electrons. The molecule has 1 N–H and O–H groups in total. The monoisotopic (exact) mass is 363 g/mol. The second kappa shape index (κ2) is 7.36. The standard InChI is InChI=1S/C15H14BrN3OS/c1-19(8-12-6-14(16)21-10-12)9-15(20)18-13-4-2-11(7-17)3-5-13/h2-6,10H,8-9H2,1H3,(H,18,20). The Labute approximate surface area is 136 Å². The Morgan fingerprint density at radius 1 is 1.43 bits per heavy atom. The molecule has 1 amide bonds. The van der Waals surface area contributed by atoms with Crippen LogP contribution in [0.1, 0.15) is 11.1 Å². The van der Waals surface area contributed by atoms with Gasteiger partial charge >= 0.3 is 0 Å². The summed E-state index contributed by atoms with van der Waals surface area (Å²) in [7, 11) is 1.91. The van der Waals surface area contributed by atoms with Crippen LogP contribution in [0.4, 0.5) is 5.69 Å². The van der Waals surface area contributed by atoms with Crippen LogP contribution in [0.5, 0.6) is 0 Å². The van der Waals surface area contributed by atoms with Crippen molar-refractivity contribution in [3.05, 3.63) is 50.6 Å². The summed E-state index contributed by atoms with van der Waals surface area (Å²) in [4.78, 5) is 13.9. The lowest BCUT2D eigenvalue weighted by Gasteiger charge is -2.15. The minimum Gasteiger partial charge on any atom is -0.325 e. The molecule has 1 aromatic carbocycles. The number of likely N-dealkylation sites (N-methyl/N-ethyl adjacent to an activating group) is 1. The number of hydrogen-bond donors (Lipinski definition) is 1. The zero-order valence-corrected chi connectivity index (χ0v) is 13.9. The van der Waals surface area contributed by atoms with Crippen molar-refractivity contribution in [2.75, 3.05) is 18.9 Å². The maximum absolute atomic E-state index is 11.9. The number of anilines is 1. The van der Waals surface area contributed by atoms with E-state index in [9.17, 15) is 4.79 Å². The molecule has 6 heteroatoms. The zero-order chi connectivity index (χ0) is 15.2. The summed E-state index contributed by atoms with van der Waals surface area (Å²) in [6, 6.07) is 10.9. The predicted molar refractivity (Wildman–Crippen MR) is 88.1 cm³/mol. The summed E-state index contributed by atoms with van der Waals surface area (Å²) in [5.41, 5.74) is 2.46.